The first-order valence-corrected chi connectivity index (χ1v) is 13.2. The van der Waals surface area contributed by atoms with Gasteiger partial charge in [-0.05, 0) is 85.9 Å². The van der Waals surface area contributed by atoms with Crippen molar-refractivity contribution in [3.8, 4) is 22.8 Å². The van der Waals surface area contributed by atoms with Crippen LogP contribution in [0.15, 0.2) is 83.4 Å². The van der Waals surface area contributed by atoms with Gasteiger partial charge in [-0.1, -0.05) is 6.07 Å². The maximum atomic E-state index is 12.3. The molecule has 0 unspecified atom stereocenters. The second-order valence-corrected chi connectivity index (χ2v) is 9.41. The zero-order valence-corrected chi connectivity index (χ0v) is 23.2. The number of carbonyl (C=O) groups is 1. The standard InChI is InChI=1S/C30H30N4O5S/c1-4-38-21-11-8-19(9-12-21)24-14-15-26(39-24)29-28(22-7-5-6-16-31-22)33-30(40)34(29)20-10-13-25(37-3)23(17-20)32-27(35)18-36-2/h5-17,28-29H,4,18H2,1-3H3,(H,32,35)(H,33,40)/t28-,29-/m1/s1. The van der Waals surface area contributed by atoms with E-state index >= 15 is 0 Å². The first kappa shape index (κ1) is 27.2. The van der Waals surface area contributed by atoms with Gasteiger partial charge in [0, 0.05) is 24.6 Å². The SMILES string of the molecule is CCOc1ccc(-c2ccc([C@@H]3[C@@H](c4ccccn4)NC(=S)N3c3ccc(OC)c(NC(=O)COC)c3)o2)cc1. The molecule has 1 aliphatic rings. The third kappa shape index (κ3) is 5.63. The minimum absolute atomic E-state index is 0.0812. The lowest BCUT2D eigenvalue weighted by atomic mass is 10.0. The number of amides is 1. The van der Waals surface area contributed by atoms with E-state index in [1.807, 2.05) is 78.6 Å². The van der Waals surface area contributed by atoms with Gasteiger partial charge in [0.15, 0.2) is 5.11 Å². The van der Waals surface area contributed by atoms with Gasteiger partial charge < -0.3 is 34.2 Å². The molecule has 3 heterocycles. The van der Waals surface area contributed by atoms with Gasteiger partial charge in [-0.25, -0.2) is 0 Å². The average Bonchev–Trinajstić information content (AvgIpc) is 3.59. The fourth-order valence-corrected chi connectivity index (χ4v) is 5.08. The van der Waals surface area contributed by atoms with Crippen molar-refractivity contribution in [1.82, 2.24) is 10.3 Å². The molecular formula is C30H30N4O5S. The van der Waals surface area contributed by atoms with Crippen molar-refractivity contribution in [1.29, 1.82) is 0 Å². The predicted molar refractivity (Wildman–Crippen MR) is 157 cm³/mol. The second-order valence-electron chi connectivity index (χ2n) is 9.02. The molecule has 1 saturated heterocycles. The Morgan fingerprint density at radius 1 is 1.10 bits per heavy atom. The molecule has 5 rings (SSSR count). The van der Waals surface area contributed by atoms with E-state index in [9.17, 15) is 4.79 Å². The number of aromatic nitrogens is 1. The van der Waals surface area contributed by atoms with E-state index in [1.165, 1.54) is 7.11 Å². The number of ether oxygens (including phenoxy) is 3. The molecule has 0 spiro atoms. The van der Waals surface area contributed by atoms with Gasteiger partial charge in [-0.15, -0.1) is 0 Å². The van der Waals surface area contributed by atoms with Gasteiger partial charge >= 0.3 is 0 Å². The number of anilines is 2. The van der Waals surface area contributed by atoms with Crippen molar-refractivity contribution >= 4 is 34.6 Å². The highest BCUT2D eigenvalue weighted by atomic mass is 32.1. The van der Waals surface area contributed by atoms with Gasteiger partial charge in [-0.2, -0.15) is 0 Å². The number of carbonyl (C=O) groups excluding carboxylic acids is 1. The molecule has 40 heavy (non-hydrogen) atoms. The van der Waals surface area contributed by atoms with Gasteiger partial charge in [0.1, 0.15) is 35.7 Å². The van der Waals surface area contributed by atoms with E-state index < -0.39 is 0 Å². The molecule has 10 heteroatoms. The van der Waals surface area contributed by atoms with Crippen LogP contribution in [0.1, 0.15) is 30.5 Å². The summed E-state index contributed by atoms with van der Waals surface area (Å²) in [6, 6.07) is 22.3. The van der Waals surface area contributed by atoms with Crippen LogP contribution in [-0.4, -0.2) is 43.4 Å². The van der Waals surface area contributed by atoms with Crippen LogP contribution in [0.4, 0.5) is 11.4 Å². The molecule has 0 bridgehead atoms. The molecule has 2 aromatic heterocycles. The first-order chi connectivity index (χ1) is 19.5. The molecule has 4 aromatic rings. The fraction of sp³-hybridized carbons (Fsp3) is 0.233. The quantitative estimate of drug-likeness (QED) is 0.244. The normalized spacial score (nSPS) is 16.5. The van der Waals surface area contributed by atoms with Crippen molar-refractivity contribution in [2.45, 2.75) is 19.0 Å². The maximum absolute atomic E-state index is 12.3. The van der Waals surface area contributed by atoms with Gasteiger partial charge in [0.25, 0.3) is 0 Å². The number of nitrogens with zero attached hydrogens (tertiary/aromatic N) is 2. The number of nitrogens with one attached hydrogen (secondary N) is 2. The minimum Gasteiger partial charge on any atom is -0.495 e. The van der Waals surface area contributed by atoms with Crippen LogP contribution in [0.2, 0.25) is 0 Å². The number of hydrogen-bond acceptors (Lipinski definition) is 7. The number of pyridine rings is 1. The van der Waals surface area contributed by atoms with Crippen LogP contribution >= 0.6 is 12.2 Å². The smallest absolute Gasteiger partial charge is 0.250 e. The summed E-state index contributed by atoms with van der Waals surface area (Å²) in [5.74, 6) is 2.44. The van der Waals surface area contributed by atoms with Crippen LogP contribution in [0.5, 0.6) is 11.5 Å². The predicted octanol–water partition coefficient (Wildman–Crippen LogP) is 5.51. The fourth-order valence-electron chi connectivity index (χ4n) is 4.73. The highest BCUT2D eigenvalue weighted by molar-refractivity contribution is 7.80. The molecule has 2 N–H and O–H groups in total. The number of thiocarbonyl (C=S) groups is 1. The average molecular weight is 559 g/mol. The Hall–Kier alpha value is -4.41. The zero-order valence-electron chi connectivity index (χ0n) is 22.4. The summed E-state index contributed by atoms with van der Waals surface area (Å²) in [5, 5.41) is 6.78. The molecule has 9 nitrogen and oxygen atoms in total. The van der Waals surface area contributed by atoms with E-state index in [0.717, 1.165) is 28.5 Å². The summed E-state index contributed by atoms with van der Waals surface area (Å²) in [6.07, 6.45) is 1.75. The summed E-state index contributed by atoms with van der Waals surface area (Å²) in [7, 11) is 3.02. The van der Waals surface area contributed by atoms with E-state index in [1.54, 1.807) is 19.4 Å². The number of benzene rings is 2. The Balaban J connectivity index is 1.54. The van der Waals surface area contributed by atoms with Gasteiger partial charge in [0.2, 0.25) is 5.91 Å². The van der Waals surface area contributed by atoms with Gasteiger partial charge in [0.05, 0.1) is 31.1 Å². The summed E-state index contributed by atoms with van der Waals surface area (Å²) in [5.41, 5.74) is 2.99. The highest BCUT2D eigenvalue weighted by Gasteiger charge is 2.42. The third-order valence-electron chi connectivity index (χ3n) is 6.48. The van der Waals surface area contributed by atoms with E-state index in [4.69, 9.17) is 30.8 Å². The van der Waals surface area contributed by atoms with E-state index in [0.29, 0.717) is 28.9 Å². The Bertz CT molecular complexity index is 1480. The van der Waals surface area contributed by atoms with Crippen LogP contribution in [0.3, 0.4) is 0 Å². The first-order valence-electron chi connectivity index (χ1n) is 12.8. The summed E-state index contributed by atoms with van der Waals surface area (Å²) in [6.45, 7) is 2.48. The molecule has 0 saturated carbocycles. The Morgan fingerprint density at radius 2 is 1.93 bits per heavy atom. The Labute approximate surface area is 238 Å². The maximum Gasteiger partial charge on any atom is 0.250 e. The second kappa shape index (κ2) is 12.2. The van der Waals surface area contributed by atoms with E-state index in [2.05, 4.69) is 15.6 Å². The molecule has 0 aliphatic carbocycles. The molecular weight excluding hydrogens is 528 g/mol. The van der Waals surface area contributed by atoms with Crippen LogP contribution in [0.25, 0.3) is 11.3 Å². The van der Waals surface area contributed by atoms with Crippen molar-refractivity contribution in [3.05, 3.63) is 90.4 Å². The molecule has 1 aliphatic heterocycles. The lowest BCUT2D eigenvalue weighted by Gasteiger charge is -2.27. The lowest BCUT2D eigenvalue weighted by Crippen LogP contribution is -2.29. The molecule has 206 valence electrons. The van der Waals surface area contributed by atoms with Gasteiger partial charge in [-0.3, -0.25) is 9.78 Å². The van der Waals surface area contributed by atoms with E-state index in [-0.39, 0.29) is 24.6 Å². The lowest BCUT2D eigenvalue weighted by molar-refractivity contribution is -0.119. The molecule has 2 atom stereocenters. The number of furan rings is 1. The minimum atomic E-state index is -0.366. The van der Waals surface area contributed by atoms with Crippen molar-refractivity contribution < 1.29 is 23.4 Å². The summed E-state index contributed by atoms with van der Waals surface area (Å²) >= 11 is 5.84. The van der Waals surface area contributed by atoms with Crippen LogP contribution < -0.4 is 25.0 Å². The Morgan fingerprint density at radius 3 is 2.62 bits per heavy atom. The number of rotatable bonds is 10. The zero-order chi connectivity index (χ0) is 28.1. The van der Waals surface area contributed by atoms with Crippen LogP contribution in [0, 0.1) is 0 Å². The van der Waals surface area contributed by atoms with Crippen LogP contribution in [-0.2, 0) is 9.53 Å². The monoisotopic (exact) mass is 558 g/mol. The molecule has 1 fully saturated rings. The Kier molecular flexibility index (Phi) is 8.28. The number of methoxy groups -OCH3 is 2. The third-order valence-corrected chi connectivity index (χ3v) is 6.79. The summed E-state index contributed by atoms with van der Waals surface area (Å²) < 4.78 is 22.5. The largest absolute Gasteiger partial charge is 0.495 e. The van der Waals surface area contributed by atoms with Crippen molar-refractivity contribution in [2.24, 2.45) is 0 Å². The van der Waals surface area contributed by atoms with Crippen molar-refractivity contribution in [2.75, 3.05) is 37.7 Å². The highest BCUT2D eigenvalue weighted by Crippen LogP contribution is 2.44. The molecule has 2 aromatic carbocycles. The summed E-state index contributed by atoms with van der Waals surface area (Å²) in [4.78, 5) is 18.9. The topological polar surface area (TPSA) is 98.1 Å². The number of hydrogen-bond donors (Lipinski definition) is 2. The van der Waals surface area contributed by atoms with Crippen molar-refractivity contribution in [3.63, 3.8) is 0 Å². The molecule has 1 amide bonds. The molecule has 0 radical (unpaired) electrons.